The number of aryl methyl sites for hydroxylation is 1. The molecule has 0 spiro atoms. The molecule has 68 valence electrons. The van der Waals surface area contributed by atoms with Crippen LogP contribution in [-0.2, 0) is 6.54 Å². The summed E-state index contributed by atoms with van der Waals surface area (Å²) in [5, 5.41) is 0. The second-order valence-corrected chi connectivity index (χ2v) is 3.74. The summed E-state index contributed by atoms with van der Waals surface area (Å²) in [5.74, 6) is 0.848. The molecule has 0 aliphatic rings. The highest BCUT2D eigenvalue weighted by Gasteiger charge is 1.97. The van der Waals surface area contributed by atoms with Gasteiger partial charge < -0.3 is 0 Å². The first-order chi connectivity index (χ1) is 5.79. The minimum atomic E-state index is 0.848. The van der Waals surface area contributed by atoms with Crippen molar-refractivity contribution in [2.45, 2.75) is 39.7 Å². The first-order valence-corrected chi connectivity index (χ1v) is 4.81. The zero-order valence-corrected chi connectivity index (χ0v) is 8.09. The van der Waals surface area contributed by atoms with Gasteiger partial charge in [-0.15, -0.1) is 0 Å². The fourth-order valence-electron chi connectivity index (χ4n) is 1.31. The number of aromatic amines is 1. The Morgan fingerprint density at radius 2 is 2.17 bits per heavy atom. The van der Waals surface area contributed by atoms with Crippen LogP contribution in [0.2, 0.25) is 0 Å². The van der Waals surface area contributed by atoms with Crippen molar-refractivity contribution >= 4 is 0 Å². The molecule has 0 unspecified atom stereocenters. The summed E-state index contributed by atoms with van der Waals surface area (Å²) in [6.45, 7) is 5.71. The lowest BCUT2D eigenvalue weighted by Gasteiger charge is -2.01. The van der Waals surface area contributed by atoms with Gasteiger partial charge in [0, 0.05) is 0 Å². The smallest absolute Gasteiger partial charge is 0.241 e. The summed E-state index contributed by atoms with van der Waals surface area (Å²) in [6.07, 6.45) is 10.0. The van der Waals surface area contributed by atoms with Gasteiger partial charge in [0.15, 0.2) is 0 Å². The van der Waals surface area contributed by atoms with Crippen LogP contribution in [0.5, 0.6) is 0 Å². The molecule has 0 aromatic carbocycles. The Bertz CT molecular complexity index is 190. The van der Waals surface area contributed by atoms with E-state index in [1.165, 1.54) is 19.3 Å². The van der Waals surface area contributed by atoms with Crippen molar-refractivity contribution in [3.8, 4) is 0 Å². The Morgan fingerprint density at radius 3 is 2.75 bits per heavy atom. The van der Waals surface area contributed by atoms with E-state index in [0.717, 1.165) is 12.5 Å². The van der Waals surface area contributed by atoms with Gasteiger partial charge in [-0.05, 0) is 18.8 Å². The van der Waals surface area contributed by atoms with Crippen molar-refractivity contribution in [1.82, 2.24) is 4.98 Å². The maximum absolute atomic E-state index is 3.04. The van der Waals surface area contributed by atoms with Crippen LogP contribution in [-0.4, -0.2) is 4.98 Å². The highest BCUT2D eigenvalue weighted by atomic mass is 15.0. The zero-order chi connectivity index (χ0) is 8.81. The van der Waals surface area contributed by atoms with E-state index in [2.05, 4.69) is 29.6 Å². The molecular weight excluding hydrogens is 148 g/mol. The van der Waals surface area contributed by atoms with Gasteiger partial charge in [-0.2, -0.15) is 0 Å². The largest absolute Gasteiger partial charge is 0.250 e. The van der Waals surface area contributed by atoms with Crippen molar-refractivity contribution in [1.29, 1.82) is 0 Å². The summed E-state index contributed by atoms with van der Waals surface area (Å²) in [6, 6.07) is 0. The average Bonchev–Trinajstić information content (AvgIpc) is 2.49. The molecule has 2 heteroatoms. The molecule has 1 heterocycles. The molecular formula is C10H19N2+. The maximum atomic E-state index is 3.04. The molecule has 1 N–H and O–H groups in total. The van der Waals surface area contributed by atoms with Crippen LogP contribution in [0.1, 0.15) is 33.1 Å². The van der Waals surface area contributed by atoms with Crippen LogP contribution in [0.3, 0.4) is 0 Å². The first-order valence-electron chi connectivity index (χ1n) is 4.81. The molecule has 0 fully saturated rings. The lowest BCUT2D eigenvalue weighted by atomic mass is 10.1. The number of H-pyrrole nitrogens is 1. The average molecular weight is 167 g/mol. The molecule has 2 nitrogen and oxygen atoms in total. The molecule has 12 heavy (non-hydrogen) atoms. The van der Waals surface area contributed by atoms with Gasteiger partial charge in [-0.3, -0.25) is 4.98 Å². The van der Waals surface area contributed by atoms with Crippen LogP contribution in [0.4, 0.5) is 0 Å². The van der Waals surface area contributed by atoms with Crippen molar-refractivity contribution < 1.29 is 4.57 Å². The number of hydrogen-bond donors (Lipinski definition) is 1. The summed E-state index contributed by atoms with van der Waals surface area (Å²) >= 11 is 0. The van der Waals surface area contributed by atoms with E-state index in [1.807, 2.05) is 12.5 Å². The normalized spacial score (nSPS) is 10.9. The Morgan fingerprint density at radius 1 is 1.33 bits per heavy atom. The van der Waals surface area contributed by atoms with Crippen LogP contribution >= 0.6 is 0 Å². The molecule has 0 amide bonds. The number of nitrogens with one attached hydrogen (secondary N) is 1. The highest BCUT2D eigenvalue weighted by molar-refractivity contribution is 4.55. The number of hydrogen-bond acceptors (Lipinski definition) is 0. The molecule has 1 aromatic heterocycles. The minimum absolute atomic E-state index is 0.848. The molecule has 0 atom stereocenters. The molecule has 0 bridgehead atoms. The van der Waals surface area contributed by atoms with Gasteiger partial charge in [-0.1, -0.05) is 20.3 Å². The van der Waals surface area contributed by atoms with Crippen molar-refractivity contribution in [3.05, 3.63) is 18.7 Å². The standard InChI is InChI=1S/C10H18N2/c1-10(2)5-3-4-7-12-8-6-11-9-12/h6,8-10H,3-5,7H2,1-2H3/p+1. The second kappa shape index (κ2) is 4.96. The maximum Gasteiger partial charge on any atom is 0.241 e. The third-order valence-corrected chi connectivity index (χ3v) is 2.05. The lowest BCUT2D eigenvalue weighted by Crippen LogP contribution is -2.30. The molecule has 0 aliphatic carbocycles. The topological polar surface area (TPSA) is 19.7 Å². The van der Waals surface area contributed by atoms with Gasteiger partial charge in [-0.25, -0.2) is 4.57 Å². The van der Waals surface area contributed by atoms with Crippen LogP contribution in [0, 0.1) is 5.92 Å². The number of unbranched alkanes of at least 4 members (excludes halogenated alkanes) is 1. The van der Waals surface area contributed by atoms with E-state index < -0.39 is 0 Å². The molecule has 0 radical (unpaired) electrons. The number of aromatic nitrogens is 2. The van der Waals surface area contributed by atoms with Gasteiger partial charge in [0.1, 0.15) is 12.4 Å². The molecule has 0 saturated heterocycles. The predicted molar refractivity (Wildman–Crippen MR) is 49.7 cm³/mol. The van der Waals surface area contributed by atoms with Crippen LogP contribution in [0.25, 0.3) is 0 Å². The highest BCUT2D eigenvalue weighted by Crippen LogP contribution is 2.05. The van der Waals surface area contributed by atoms with Crippen molar-refractivity contribution in [2.24, 2.45) is 5.92 Å². The summed E-state index contributed by atoms with van der Waals surface area (Å²) in [7, 11) is 0. The number of imidazole rings is 1. The van der Waals surface area contributed by atoms with E-state index >= 15 is 0 Å². The number of rotatable bonds is 5. The summed E-state index contributed by atoms with van der Waals surface area (Å²) in [4.78, 5) is 3.04. The fraction of sp³-hybridized carbons (Fsp3) is 0.700. The molecule has 1 rings (SSSR count). The van der Waals surface area contributed by atoms with Crippen molar-refractivity contribution in [3.63, 3.8) is 0 Å². The Hall–Kier alpha value is -0.790. The van der Waals surface area contributed by atoms with E-state index in [1.54, 1.807) is 0 Å². The summed E-state index contributed by atoms with van der Waals surface area (Å²) < 4.78 is 2.19. The van der Waals surface area contributed by atoms with Gasteiger partial charge >= 0.3 is 0 Å². The molecule has 1 aromatic rings. The van der Waals surface area contributed by atoms with Gasteiger partial charge in [0.25, 0.3) is 0 Å². The lowest BCUT2D eigenvalue weighted by molar-refractivity contribution is -0.696. The monoisotopic (exact) mass is 167 g/mol. The zero-order valence-electron chi connectivity index (χ0n) is 8.09. The van der Waals surface area contributed by atoms with E-state index in [4.69, 9.17) is 0 Å². The summed E-state index contributed by atoms with van der Waals surface area (Å²) in [5.41, 5.74) is 0. The first kappa shape index (κ1) is 9.30. The molecule has 0 saturated carbocycles. The van der Waals surface area contributed by atoms with Crippen molar-refractivity contribution in [2.75, 3.05) is 0 Å². The van der Waals surface area contributed by atoms with Gasteiger partial charge in [0.05, 0.1) is 6.54 Å². The van der Waals surface area contributed by atoms with E-state index in [0.29, 0.717) is 0 Å². The Balaban J connectivity index is 2.04. The Labute approximate surface area is 74.6 Å². The Kier molecular flexibility index (Phi) is 3.85. The number of nitrogens with zero attached hydrogens (tertiary/aromatic N) is 1. The predicted octanol–water partition coefficient (Wildman–Crippen LogP) is 2.13. The fourth-order valence-corrected chi connectivity index (χ4v) is 1.31. The third-order valence-electron chi connectivity index (χ3n) is 2.05. The molecule has 0 aliphatic heterocycles. The van der Waals surface area contributed by atoms with Gasteiger partial charge in [0.2, 0.25) is 6.33 Å². The quantitative estimate of drug-likeness (QED) is 0.512. The second-order valence-electron chi connectivity index (χ2n) is 3.74. The van der Waals surface area contributed by atoms with Crippen LogP contribution in [0.15, 0.2) is 18.7 Å². The van der Waals surface area contributed by atoms with Crippen LogP contribution < -0.4 is 4.57 Å². The SMILES string of the molecule is CC(C)CCCC[n+]1cc[nH]c1. The van der Waals surface area contributed by atoms with E-state index in [9.17, 15) is 0 Å². The minimum Gasteiger partial charge on any atom is -0.250 e. The van der Waals surface area contributed by atoms with E-state index in [-0.39, 0.29) is 0 Å². The third kappa shape index (κ3) is 3.56.